The second-order valence-electron chi connectivity index (χ2n) is 4.62. The van der Waals surface area contributed by atoms with Crippen LogP contribution in [0.1, 0.15) is 22.0 Å². The number of nitrogens with one attached hydrogen (secondary N) is 1. The van der Waals surface area contributed by atoms with Crippen LogP contribution in [0.5, 0.6) is 5.75 Å². The first-order chi connectivity index (χ1) is 10.5. The zero-order valence-electron chi connectivity index (χ0n) is 11.8. The maximum Gasteiger partial charge on any atom is 0.254 e. The molecule has 2 rings (SSSR count). The molecular weight excluding hydrogens is 292 g/mol. The lowest BCUT2D eigenvalue weighted by atomic mass is 10.1. The molecule has 116 valence electrons. The van der Waals surface area contributed by atoms with E-state index >= 15 is 0 Å². The molecule has 2 N–H and O–H groups in total. The van der Waals surface area contributed by atoms with Crippen molar-refractivity contribution in [3.8, 4) is 5.75 Å². The first-order valence-corrected chi connectivity index (χ1v) is 6.56. The van der Waals surface area contributed by atoms with Gasteiger partial charge in [0.15, 0.2) is 0 Å². The molecule has 22 heavy (non-hydrogen) atoms. The van der Waals surface area contributed by atoms with Crippen LogP contribution in [0.3, 0.4) is 0 Å². The lowest BCUT2D eigenvalue weighted by Gasteiger charge is -2.13. The average Bonchev–Trinajstić information content (AvgIpc) is 2.52. The predicted octanol–water partition coefficient (Wildman–Crippen LogP) is 2.44. The van der Waals surface area contributed by atoms with Gasteiger partial charge >= 0.3 is 0 Å². The lowest BCUT2D eigenvalue weighted by Crippen LogP contribution is -2.29. The molecule has 0 heterocycles. The quantitative estimate of drug-likeness (QED) is 0.892. The molecule has 0 aliphatic rings. The first-order valence-electron chi connectivity index (χ1n) is 6.56. The number of carbonyl (C=O) groups is 1. The number of halogens is 2. The number of carbonyl (C=O) groups excluding carboxylic acids is 1. The fourth-order valence-electron chi connectivity index (χ4n) is 1.89. The summed E-state index contributed by atoms with van der Waals surface area (Å²) < 4.78 is 31.4. The molecule has 1 atom stereocenters. The molecular formula is C16H15F2NO3. The summed E-state index contributed by atoms with van der Waals surface area (Å²) in [5.41, 5.74) is 0.309. The third kappa shape index (κ3) is 3.79. The van der Waals surface area contributed by atoms with Crippen LogP contribution in [0.15, 0.2) is 42.5 Å². The molecule has 2 aromatic carbocycles. The summed E-state index contributed by atoms with van der Waals surface area (Å²) in [5, 5.41) is 12.3. The number of aliphatic hydroxyl groups excluding tert-OH is 1. The fourth-order valence-corrected chi connectivity index (χ4v) is 1.89. The SMILES string of the molecule is COc1ccc(C(=O)NCC(O)c2ccc(F)cc2)c(F)c1. The van der Waals surface area contributed by atoms with Gasteiger partial charge in [0.1, 0.15) is 17.4 Å². The van der Waals surface area contributed by atoms with E-state index in [0.29, 0.717) is 11.3 Å². The van der Waals surface area contributed by atoms with Crippen LogP contribution in [0.4, 0.5) is 8.78 Å². The van der Waals surface area contributed by atoms with Crippen LogP contribution in [-0.4, -0.2) is 24.7 Å². The zero-order chi connectivity index (χ0) is 16.1. The Kier molecular flexibility index (Phi) is 5.06. The van der Waals surface area contributed by atoms with Gasteiger partial charge in [-0.25, -0.2) is 8.78 Å². The maximum atomic E-state index is 13.7. The third-order valence-electron chi connectivity index (χ3n) is 3.13. The topological polar surface area (TPSA) is 58.6 Å². The van der Waals surface area contributed by atoms with E-state index in [1.807, 2.05) is 0 Å². The Morgan fingerprint density at radius 3 is 2.50 bits per heavy atom. The number of ether oxygens (including phenoxy) is 1. The highest BCUT2D eigenvalue weighted by Crippen LogP contribution is 2.17. The number of methoxy groups -OCH3 is 1. The third-order valence-corrected chi connectivity index (χ3v) is 3.13. The Morgan fingerprint density at radius 2 is 1.91 bits per heavy atom. The monoisotopic (exact) mass is 307 g/mol. The van der Waals surface area contributed by atoms with Crippen molar-refractivity contribution < 1.29 is 23.4 Å². The van der Waals surface area contributed by atoms with E-state index < -0.39 is 23.6 Å². The molecule has 0 saturated carbocycles. The van der Waals surface area contributed by atoms with Crippen LogP contribution in [0.2, 0.25) is 0 Å². The molecule has 0 aliphatic carbocycles. The van der Waals surface area contributed by atoms with Crippen molar-refractivity contribution in [2.24, 2.45) is 0 Å². The second-order valence-corrected chi connectivity index (χ2v) is 4.62. The molecule has 6 heteroatoms. The van der Waals surface area contributed by atoms with Crippen LogP contribution in [0.25, 0.3) is 0 Å². The van der Waals surface area contributed by atoms with Crippen molar-refractivity contribution in [2.75, 3.05) is 13.7 Å². The Balaban J connectivity index is 1.99. The summed E-state index contributed by atoms with van der Waals surface area (Å²) in [6.45, 7) is -0.115. The van der Waals surface area contributed by atoms with Crippen molar-refractivity contribution in [2.45, 2.75) is 6.10 Å². The van der Waals surface area contributed by atoms with Crippen molar-refractivity contribution >= 4 is 5.91 Å². The van der Waals surface area contributed by atoms with Gasteiger partial charge in [-0.1, -0.05) is 12.1 Å². The minimum absolute atomic E-state index is 0.115. The maximum absolute atomic E-state index is 13.7. The summed E-state index contributed by atoms with van der Waals surface area (Å²) in [7, 11) is 1.40. The van der Waals surface area contributed by atoms with Gasteiger partial charge in [-0.05, 0) is 29.8 Å². The van der Waals surface area contributed by atoms with E-state index in [0.717, 1.165) is 6.07 Å². The lowest BCUT2D eigenvalue weighted by molar-refractivity contribution is 0.0912. The molecule has 1 amide bonds. The van der Waals surface area contributed by atoms with Gasteiger partial charge in [0.25, 0.3) is 5.91 Å². The van der Waals surface area contributed by atoms with E-state index in [9.17, 15) is 18.7 Å². The fraction of sp³-hybridized carbons (Fsp3) is 0.188. The highest BCUT2D eigenvalue weighted by Gasteiger charge is 2.14. The Morgan fingerprint density at radius 1 is 1.23 bits per heavy atom. The van der Waals surface area contributed by atoms with E-state index in [4.69, 9.17) is 4.74 Å². The molecule has 4 nitrogen and oxygen atoms in total. The molecule has 0 radical (unpaired) electrons. The highest BCUT2D eigenvalue weighted by molar-refractivity contribution is 5.94. The molecule has 0 spiro atoms. The van der Waals surface area contributed by atoms with Gasteiger partial charge in [-0.15, -0.1) is 0 Å². The minimum Gasteiger partial charge on any atom is -0.497 e. The Labute approximate surface area is 126 Å². The zero-order valence-corrected chi connectivity index (χ0v) is 11.8. The molecule has 0 fully saturated rings. The van der Waals surface area contributed by atoms with Crippen molar-refractivity contribution in [1.29, 1.82) is 0 Å². The molecule has 0 aliphatic heterocycles. The summed E-state index contributed by atoms with van der Waals surface area (Å²) in [5.74, 6) is -1.48. The molecule has 1 unspecified atom stereocenters. The number of amides is 1. The van der Waals surface area contributed by atoms with Gasteiger partial charge in [-0.2, -0.15) is 0 Å². The second kappa shape index (κ2) is 7.00. The highest BCUT2D eigenvalue weighted by atomic mass is 19.1. The average molecular weight is 307 g/mol. The van der Waals surface area contributed by atoms with Crippen molar-refractivity contribution in [3.05, 3.63) is 65.2 Å². The van der Waals surface area contributed by atoms with Gasteiger partial charge in [0.2, 0.25) is 0 Å². The molecule has 0 aromatic heterocycles. The van der Waals surface area contributed by atoms with E-state index in [2.05, 4.69) is 5.32 Å². The van der Waals surface area contributed by atoms with Crippen LogP contribution in [-0.2, 0) is 0 Å². The number of rotatable bonds is 5. The summed E-state index contributed by atoms with van der Waals surface area (Å²) >= 11 is 0. The first kappa shape index (κ1) is 15.9. The predicted molar refractivity (Wildman–Crippen MR) is 76.6 cm³/mol. The number of benzene rings is 2. The van der Waals surface area contributed by atoms with Crippen molar-refractivity contribution in [3.63, 3.8) is 0 Å². The van der Waals surface area contributed by atoms with Crippen LogP contribution in [0, 0.1) is 11.6 Å². The Hall–Kier alpha value is -2.47. The number of hydrogen-bond donors (Lipinski definition) is 2. The van der Waals surface area contributed by atoms with Gasteiger partial charge in [-0.3, -0.25) is 4.79 Å². The molecule has 2 aromatic rings. The van der Waals surface area contributed by atoms with Gasteiger partial charge < -0.3 is 15.2 Å². The van der Waals surface area contributed by atoms with Crippen molar-refractivity contribution in [1.82, 2.24) is 5.32 Å². The van der Waals surface area contributed by atoms with Crippen LogP contribution >= 0.6 is 0 Å². The molecule has 0 bridgehead atoms. The molecule has 0 saturated heterocycles. The van der Waals surface area contributed by atoms with Crippen LogP contribution < -0.4 is 10.1 Å². The Bertz CT molecular complexity index is 659. The normalized spacial score (nSPS) is 11.8. The van der Waals surface area contributed by atoms with E-state index in [-0.39, 0.29) is 12.1 Å². The van der Waals surface area contributed by atoms with Gasteiger partial charge in [0.05, 0.1) is 18.8 Å². The standard InChI is InChI=1S/C16H15F2NO3/c1-22-12-6-7-13(14(18)8-12)16(21)19-9-15(20)10-2-4-11(17)5-3-10/h2-8,15,20H,9H2,1H3,(H,19,21). The minimum atomic E-state index is -1.01. The summed E-state index contributed by atoms with van der Waals surface area (Å²) in [6, 6.07) is 9.13. The number of aliphatic hydroxyl groups is 1. The van der Waals surface area contributed by atoms with E-state index in [1.165, 1.54) is 43.5 Å². The largest absolute Gasteiger partial charge is 0.497 e. The summed E-state index contributed by atoms with van der Waals surface area (Å²) in [4.78, 5) is 11.9. The van der Waals surface area contributed by atoms with E-state index in [1.54, 1.807) is 0 Å². The summed E-state index contributed by atoms with van der Waals surface area (Å²) in [6.07, 6.45) is -1.01. The smallest absolute Gasteiger partial charge is 0.254 e. The number of hydrogen-bond acceptors (Lipinski definition) is 3. The van der Waals surface area contributed by atoms with Gasteiger partial charge in [0, 0.05) is 12.6 Å².